The van der Waals surface area contributed by atoms with Crippen molar-refractivity contribution in [1.29, 1.82) is 0 Å². The second-order valence-corrected chi connectivity index (χ2v) is 7.60. The summed E-state index contributed by atoms with van der Waals surface area (Å²) < 4.78 is 32.5. The summed E-state index contributed by atoms with van der Waals surface area (Å²) in [5.74, 6) is 0. The van der Waals surface area contributed by atoms with Gasteiger partial charge < -0.3 is 10.1 Å². The molecule has 0 aromatic rings. The molecule has 2 saturated carbocycles. The van der Waals surface area contributed by atoms with Crippen LogP contribution in [0.2, 0.25) is 0 Å². The maximum atomic E-state index is 12.2. The third-order valence-corrected chi connectivity index (χ3v) is 5.73. The first-order chi connectivity index (χ1) is 8.53. The molecule has 0 heterocycles. The van der Waals surface area contributed by atoms with Crippen LogP contribution in [0.5, 0.6) is 0 Å². The van der Waals surface area contributed by atoms with Crippen molar-refractivity contribution in [3.8, 4) is 0 Å². The van der Waals surface area contributed by atoms with Gasteiger partial charge in [-0.3, -0.25) is 0 Å². The van der Waals surface area contributed by atoms with E-state index in [2.05, 4.69) is 10.0 Å². The molecule has 5 nitrogen and oxygen atoms in total. The van der Waals surface area contributed by atoms with Gasteiger partial charge in [-0.05, 0) is 39.0 Å². The number of nitrogens with one attached hydrogen (secondary N) is 2. The minimum absolute atomic E-state index is 0.0309. The highest BCUT2D eigenvalue weighted by atomic mass is 32.2. The summed E-state index contributed by atoms with van der Waals surface area (Å²) in [6.45, 7) is 2.29. The third-order valence-electron chi connectivity index (χ3n) is 3.87. The van der Waals surface area contributed by atoms with Crippen molar-refractivity contribution < 1.29 is 13.2 Å². The Bertz CT molecular complexity index is 368. The van der Waals surface area contributed by atoms with Crippen molar-refractivity contribution in [2.75, 3.05) is 13.7 Å². The Morgan fingerprint density at radius 1 is 1.28 bits per heavy atom. The molecule has 0 saturated heterocycles. The van der Waals surface area contributed by atoms with E-state index in [4.69, 9.17) is 4.74 Å². The molecule has 0 spiro atoms. The van der Waals surface area contributed by atoms with E-state index in [1.165, 1.54) is 12.8 Å². The summed E-state index contributed by atoms with van der Waals surface area (Å²) in [5.41, 5.74) is 0. The molecule has 2 rings (SSSR count). The largest absolute Gasteiger partial charge is 0.380 e. The molecule has 18 heavy (non-hydrogen) atoms. The van der Waals surface area contributed by atoms with Crippen molar-refractivity contribution in [2.24, 2.45) is 0 Å². The van der Waals surface area contributed by atoms with Crippen molar-refractivity contribution >= 4 is 10.0 Å². The van der Waals surface area contributed by atoms with Gasteiger partial charge in [0.15, 0.2) is 0 Å². The molecule has 3 atom stereocenters. The second kappa shape index (κ2) is 5.86. The standard InChI is InChI=1S/C12H24N2O3S/c1-9(8-13-10-6-7-10)18(15,16)14-11-4-3-5-12(11)17-2/h9-14H,3-8H2,1-2H3. The predicted molar refractivity (Wildman–Crippen MR) is 71.0 cm³/mol. The molecule has 0 aromatic heterocycles. The van der Waals surface area contributed by atoms with E-state index >= 15 is 0 Å². The highest BCUT2D eigenvalue weighted by Crippen LogP contribution is 2.23. The van der Waals surface area contributed by atoms with Crippen LogP contribution in [0.15, 0.2) is 0 Å². The van der Waals surface area contributed by atoms with Crippen molar-refractivity contribution in [1.82, 2.24) is 10.0 Å². The lowest BCUT2D eigenvalue weighted by Crippen LogP contribution is -2.46. The average Bonchev–Trinajstić information content (AvgIpc) is 3.05. The lowest BCUT2D eigenvalue weighted by atomic mass is 10.2. The normalized spacial score (nSPS) is 30.6. The number of hydrogen-bond donors (Lipinski definition) is 2. The van der Waals surface area contributed by atoms with Crippen LogP contribution in [0.3, 0.4) is 0 Å². The number of sulfonamides is 1. The molecule has 2 N–H and O–H groups in total. The number of ether oxygens (including phenoxy) is 1. The molecule has 2 aliphatic carbocycles. The Hall–Kier alpha value is -0.170. The molecule has 6 heteroatoms. The zero-order valence-electron chi connectivity index (χ0n) is 11.2. The van der Waals surface area contributed by atoms with Gasteiger partial charge in [0.25, 0.3) is 0 Å². The first kappa shape index (κ1) is 14.2. The topological polar surface area (TPSA) is 67.4 Å². The first-order valence-electron chi connectivity index (χ1n) is 6.80. The minimum Gasteiger partial charge on any atom is -0.380 e. The van der Waals surface area contributed by atoms with Crippen LogP contribution in [0.25, 0.3) is 0 Å². The zero-order chi connectivity index (χ0) is 13.2. The van der Waals surface area contributed by atoms with Crippen molar-refractivity contribution in [2.45, 2.75) is 62.5 Å². The fraction of sp³-hybridized carbons (Fsp3) is 1.00. The highest BCUT2D eigenvalue weighted by molar-refractivity contribution is 7.90. The van der Waals surface area contributed by atoms with Crippen molar-refractivity contribution in [3.63, 3.8) is 0 Å². The fourth-order valence-electron chi connectivity index (χ4n) is 2.40. The van der Waals surface area contributed by atoms with Gasteiger partial charge in [-0.25, -0.2) is 13.1 Å². The van der Waals surface area contributed by atoms with Crippen LogP contribution in [0.1, 0.15) is 39.0 Å². The Morgan fingerprint density at radius 3 is 2.61 bits per heavy atom. The van der Waals surface area contributed by atoms with E-state index in [1.807, 2.05) is 0 Å². The highest BCUT2D eigenvalue weighted by Gasteiger charge is 2.33. The molecule has 0 amide bonds. The number of hydrogen-bond acceptors (Lipinski definition) is 4. The molecular formula is C12H24N2O3S. The van der Waals surface area contributed by atoms with Gasteiger partial charge in [-0.1, -0.05) is 0 Å². The van der Waals surface area contributed by atoms with E-state index in [0.29, 0.717) is 12.6 Å². The van der Waals surface area contributed by atoms with E-state index in [9.17, 15) is 8.42 Å². The molecular weight excluding hydrogens is 252 g/mol. The summed E-state index contributed by atoms with van der Waals surface area (Å²) in [5, 5.41) is 2.87. The number of methoxy groups -OCH3 is 1. The van der Waals surface area contributed by atoms with Gasteiger partial charge in [0.05, 0.1) is 11.4 Å². The minimum atomic E-state index is -3.25. The Morgan fingerprint density at radius 2 is 2.00 bits per heavy atom. The summed E-state index contributed by atoms with van der Waals surface area (Å²) >= 11 is 0. The molecule has 0 bridgehead atoms. The molecule has 0 aliphatic heterocycles. The summed E-state index contributed by atoms with van der Waals surface area (Å²) in [7, 11) is -1.60. The zero-order valence-corrected chi connectivity index (χ0v) is 12.0. The Labute approximate surface area is 110 Å². The van der Waals surface area contributed by atoms with Crippen LogP contribution in [-0.2, 0) is 14.8 Å². The molecule has 106 valence electrons. The lowest BCUT2D eigenvalue weighted by Gasteiger charge is -2.22. The fourth-order valence-corrected chi connectivity index (χ4v) is 3.64. The van der Waals surface area contributed by atoms with Gasteiger partial charge in [0.2, 0.25) is 10.0 Å². The summed E-state index contributed by atoms with van der Waals surface area (Å²) in [4.78, 5) is 0. The van der Waals surface area contributed by atoms with Gasteiger partial charge in [-0.2, -0.15) is 0 Å². The smallest absolute Gasteiger partial charge is 0.215 e. The predicted octanol–water partition coefficient (Wildman–Crippen LogP) is 0.614. The maximum absolute atomic E-state index is 12.2. The molecule has 2 aliphatic rings. The number of rotatable bonds is 7. The first-order valence-corrected chi connectivity index (χ1v) is 8.35. The molecule has 0 radical (unpaired) electrons. The van der Waals surface area contributed by atoms with Gasteiger partial charge in [-0.15, -0.1) is 0 Å². The maximum Gasteiger partial charge on any atom is 0.215 e. The van der Waals surface area contributed by atoms with E-state index < -0.39 is 15.3 Å². The van der Waals surface area contributed by atoms with Crippen LogP contribution in [0, 0.1) is 0 Å². The Kier molecular flexibility index (Phi) is 4.64. The van der Waals surface area contributed by atoms with Gasteiger partial charge in [0.1, 0.15) is 0 Å². The third kappa shape index (κ3) is 3.66. The van der Waals surface area contributed by atoms with Gasteiger partial charge >= 0.3 is 0 Å². The monoisotopic (exact) mass is 276 g/mol. The summed E-state index contributed by atoms with van der Waals surface area (Å²) in [6.07, 6.45) is 5.23. The molecule has 2 fully saturated rings. The van der Waals surface area contributed by atoms with Gasteiger partial charge in [0, 0.05) is 25.7 Å². The van der Waals surface area contributed by atoms with Crippen molar-refractivity contribution in [3.05, 3.63) is 0 Å². The second-order valence-electron chi connectivity index (χ2n) is 5.47. The SMILES string of the molecule is COC1CCCC1NS(=O)(=O)C(C)CNC1CC1. The molecule has 3 unspecified atom stereocenters. The molecule has 0 aromatic carbocycles. The summed E-state index contributed by atoms with van der Waals surface area (Å²) in [6, 6.07) is 0.490. The lowest BCUT2D eigenvalue weighted by molar-refractivity contribution is 0.0916. The van der Waals surface area contributed by atoms with Crippen LogP contribution < -0.4 is 10.0 Å². The van der Waals surface area contributed by atoms with Crippen LogP contribution in [0.4, 0.5) is 0 Å². The van der Waals surface area contributed by atoms with Crippen LogP contribution in [-0.4, -0.2) is 45.5 Å². The Balaban J connectivity index is 1.84. The van der Waals surface area contributed by atoms with E-state index in [-0.39, 0.29) is 12.1 Å². The average molecular weight is 276 g/mol. The van der Waals surface area contributed by atoms with E-state index in [0.717, 1.165) is 19.3 Å². The quantitative estimate of drug-likeness (QED) is 0.715. The van der Waals surface area contributed by atoms with E-state index in [1.54, 1.807) is 14.0 Å². The van der Waals surface area contributed by atoms with Crippen LogP contribution >= 0.6 is 0 Å².